The second-order valence-corrected chi connectivity index (χ2v) is 3.92. The first-order chi connectivity index (χ1) is 7.33. The fourth-order valence-corrected chi connectivity index (χ4v) is 1.94. The fraction of sp³-hybridized carbons (Fsp3) is 0.500. The van der Waals surface area contributed by atoms with Crippen LogP contribution in [0.2, 0.25) is 0 Å². The van der Waals surface area contributed by atoms with Crippen molar-refractivity contribution in [2.24, 2.45) is 0 Å². The number of piperazine rings is 1. The van der Waals surface area contributed by atoms with Gasteiger partial charge in [-0.25, -0.2) is 0 Å². The van der Waals surface area contributed by atoms with Crippen LogP contribution in [0.3, 0.4) is 0 Å². The third kappa shape index (κ3) is 1.95. The summed E-state index contributed by atoms with van der Waals surface area (Å²) in [4.78, 5) is 14.0. The van der Waals surface area contributed by atoms with E-state index >= 15 is 0 Å². The molecule has 1 atom stereocenters. The number of nitrogens with zero attached hydrogens (tertiary/aromatic N) is 4. The predicted octanol–water partition coefficient (Wildman–Crippen LogP) is -0.524. The van der Waals surface area contributed by atoms with E-state index in [1.807, 2.05) is 0 Å². The highest BCUT2D eigenvalue weighted by Gasteiger charge is 2.28. The van der Waals surface area contributed by atoms with Gasteiger partial charge in [0.15, 0.2) is 0 Å². The summed E-state index contributed by atoms with van der Waals surface area (Å²) in [5.74, 6) is -0.155. The average molecular weight is 223 g/mol. The molecule has 1 saturated heterocycles. The first kappa shape index (κ1) is 10.0. The van der Waals surface area contributed by atoms with Crippen LogP contribution in [-0.2, 0) is 0 Å². The van der Waals surface area contributed by atoms with E-state index < -0.39 is 6.04 Å². The number of hydrogen-bond acceptors (Lipinski definition) is 6. The molecular formula is C8H9N5OS. The third-order valence-corrected chi connectivity index (χ3v) is 2.88. The number of rotatable bonds is 1. The minimum absolute atomic E-state index is 0.155. The van der Waals surface area contributed by atoms with E-state index in [1.165, 1.54) is 6.20 Å². The predicted molar refractivity (Wildman–Crippen MR) is 53.2 cm³/mol. The quantitative estimate of drug-likeness (QED) is 0.692. The lowest BCUT2D eigenvalue weighted by Crippen LogP contribution is -2.52. The van der Waals surface area contributed by atoms with Crippen LogP contribution in [0.4, 0.5) is 0 Å². The van der Waals surface area contributed by atoms with Gasteiger partial charge in [-0.1, -0.05) is 4.49 Å². The van der Waals surface area contributed by atoms with Crippen molar-refractivity contribution in [3.63, 3.8) is 0 Å². The lowest BCUT2D eigenvalue weighted by Gasteiger charge is -2.31. The minimum Gasteiger partial charge on any atom is -0.319 e. The number of hydrogen-bond donors (Lipinski definition) is 1. The van der Waals surface area contributed by atoms with E-state index in [-0.39, 0.29) is 5.91 Å². The molecule has 2 heterocycles. The Morgan fingerprint density at radius 3 is 3.33 bits per heavy atom. The van der Waals surface area contributed by atoms with E-state index in [1.54, 1.807) is 4.90 Å². The fourth-order valence-electron chi connectivity index (χ4n) is 1.47. The van der Waals surface area contributed by atoms with Gasteiger partial charge in [0, 0.05) is 19.6 Å². The molecule has 15 heavy (non-hydrogen) atoms. The molecule has 1 N–H and O–H groups in total. The van der Waals surface area contributed by atoms with Crippen molar-refractivity contribution in [2.45, 2.75) is 6.04 Å². The molecule has 1 aromatic heterocycles. The molecular weight excluding hydrogens is 214 g/mol. The summed E-state index contributed by atoms with van der Waals surface area (Å²) in [7, 11) is 0. The minimum atomic E-state index is -0.395. The molecule has 0 aliphatic carbocycles. The SMILES string of the molecule is N#CC1CNCCN1C(=O)c1cnns1. The maximum absolute atomic E-state index is 11.9. The average Bonchev–Trinajstić information content (AvgIpc) is 2.81. The zero-order valence-corrected chi connectivity index (χ0v) is 8.70. The van der Waals surface area contributed by atoms with Gasteiger partial charge < -0.3 is 10.2 Å². The molecule has 1 unspecified atom stereocenters. The number of aromatic nitrogens is 2. The normalized spacial score (nSPS) is 21.0. The summed E-state index contributed by atoms with van der Waals surface area (Å²) in [6.07, 6.45) is 1.43. The molecule has 78 valence electrons. The summed E-state index contributed by atoms with van der Waals surface area (Å²) in [6.45, 7) is 1.79. The summed E-state index contributed by atoms with van der Waals surface area (Å²) < 4.78 is 3.63. The Bertz CT molecular complexity index is 384. The molecule has 0 spiro atoms. The van der Waals surface area contributed by atoms with Gasteiger partial charge in [-0.3, -0.25) is 4.79 Å². The lowest BCUT2D eigenvalue weighted by atomic mass is 10.2. The van der Waals surface area contributed by atoms with Crippen LogP contribution in [0, 0.1) is 11.3 Å². The molecule has 0 aromatic carbocycles. The zero-order valence-electron chi connectivity index (χ0n) is 7.88. The zero-order chi connectivity index (χ0) is 10.7. The highest BCUT2D eigenvalue weighted by molar-refractivity contribution is 7.07. The van der Waals surface area contributed by atoms with Crippen LogP contribution in [0.25, 0.3) is 0 Å². The highest BCUT2D eigenvalue weighted by atomic mass is 32.1. The molecule has 7 heteroatoms. The Kier molecular flexibility index (Phi) is 2.89. The summed E-state index contributed by atoms with van der Waals surface area (Å²) in [5.41, 5.74) is 0. The van der Waals surface area contributed by atoms with Crippen LogP contribution < -0.4 is 5.32 Å². The van der Waals surface area contributed by atoms with Crippen molar-refractivity contribution >= 4 is 17.4 Å². The Balaban J connectivity index is 2.15. The summed E-state index contributed by atoms with van der Waals surface area (Å²) in [5, 5.41) is 15.6. The van der Waals surface area contributed by atoms with Gasteiger partial charge in [-0.2, -0.15) is 5.26 Å². The number of nitrogens with one attached hydrogen (secondary N) is 1. The second-order valence-electron chi connectivity index (χ2n) is 3.13. The Hall–Kier alpha value is -1.52. The number of nitriles is 1. The van der Waals surface area contributed by atoms with Crippen molar-refractivity contribution < 1.29 is 4.79 Å². The summed E-state index contributed by atoms with van der Waals surface area (Å²) in [6, 6.07) is 1.71. The van der Waals surface area contributed by atoms with E-state index in [2.05, 4.69) is 21.0 Å². The van der Waals surface area contributed by atoms with Crippen LogP contribution in [0.1, 0.15) is 9.67 Å². The molecule has 1 amide bonds. The van der Waals surface area contributed by atoms with Crippen LogP contribution in [0.15, 0.2) is 6.20 Å². The van der Waals surface area contributed by atoms with Gasteiger partial charge in [0.1, 0.15) is 10.9 Å². The molecule has 0 bridgehead atoms. The first-order valence-corrected chi connectivity index (χ1v) is 5.29. The van der Waals surface area contributed by atoms with E-state index in [0.717, 1.165) is 18.1 Å². The van der Waals surface area contributed by atoms with Gasteiger partial charge in [-0.05, 0) is 11.5 Å². The van der Waals surface area contributed by atoms with E-state index in [9.17, 15) is 4.79 Å². The van der Waals surface area contributed by atoms with E-state index in [4.69, 9.17) is 5.26 Å². The van der Waals surface area contributed by atoms with Gasteiger partial charge in [0.2, 0.25) is 0 Å². The van der Waals surface area contributed by atoms with Crippen molar-refractivity contribution in [1.82, 2.24) is 19.8 Å². The van der Waals surface area contributed by atoms with Gasteiger partial charge in [0.25, 0.3) is 5.91 Å². The highest BCUT2D eigenvalue weighted by Crippen LogP contribution is 2.11. The van der Waals surface area contributed by atoms with Crippen molar-refractivity contribution in [1.29, 1.82) is 5.26 Å². The van der Waals surface area contributed by atoms with Crippen LogP contribution >= 0.6 is 11.5 Å². The number of carbonyl (C=O) groups is 1. The van der Waals surface area contributed by atoms with Crippen molar-refractivity contribution in [3.05, 3.63) is 11.1 Å². The first-order valence-electron chi connectivity index (χ1n) is 4.51. The second kappa shape index (κ2) is 4.33. The molecule has 2 rings (SSSR count). The van der Waals surface area contributed by atoms with Crippen molar-refractivity contribution in [2.75, 3.05) is 19.6 Å². The standard InChI is InChI=1S/C8H9N5OS/c9-3-6-4-10-1-2-13(6)8(14)7-5-11-12-15-7/h5-6,10H,1-2,4H2. The molecule has 1 aliphatic heterocycles. The van der Waals surface area contributed by atoms with Gasteiger partial charge >= 0.3 is 0 Å². The lowest BCUT2D eigenvalue weighted by molar-refractivity contribution is 0.0692. The maximum Gasteiger partial charge on any atom is 0.268 e. The van der Waals surface area contributed by atoms with E-state index in [0.29, 0.717) is 18.0 Å². The Morgan fingerprint density at radius 2 is 2.67 bits per heavy atom. The topological polar surface area (TPSA) is 81.9 Å². The molecule has 6 nitrogen and oxygen atoms in total. The number of carbonyl (C=O) groups excluding carboxylic acids is 1. The van der Waals surface area contributed by atoms with Crippen LogP contribution in [0.5, 0.6) is 0 Å². The monoisotopic (exact) mass is 223 g/mol. The summed E-state index contributed by atoms with van der Waals surface area (Å²) >= 11 is 1.06. The van der Waals surface area contributed by atoms with Gasteiger partial charge in [-0.15, -0.1) is 5.10 Å². The van der Waals surface area contributed by atoms with Crippen LogP contribution in [-0.4, -0.2) is 46.1 Å². The Morgan fingerprint density at radius 1 is 1.80 bits per heavy atom. The third-order valence-electron chi connectivity index (χ3n) is 2.23. The molecule has 1 aromatic rings. The molecule has 0 radical (unpaired) electrons. The smallest absolute Gasteiger partial charge is 0.268 e. The van der Waals surface area contributed by atoms with Gasteiger partial charge in [0.05, 0.1) is 12.3 Å². The largest absolute Gasteiger partial charge is 0.319 e. The molecule has 1 aliphatic rings. The molecule has 0 saturated carbocycles. The number of amides is 1. The molecule has 1 fully saturated rings. The van der Waals surface area contributed by atoms with Crippen molar-refractivity contribution in [3.8, 4) is 6.07 Å². The Labute approximate surface area is 90.7 Å². The maximum atomic E-state index is 11.9.